The van der Waals surface area contributed by atoms with Gasteiger partial charge in [0.05, 0.1) is 6.04 Å². The van der Waals surface area contributed by atoms with Gasteiger partial charge in [-0.1, -0.05) is 0 Å². The summed E-state index contributed by atoms with van der Waals surface area (Å²) in [7, 11) is 2.16. The van der Waals surface area contributed by atoms with E-state index in [0.717, 1.165) is 32.5 Å². The lowest BCUT2D eigenvalue weighted by Gasteiger charge is -2.37. The largest absolute Gasteiger partial charge is 0.368 e. The third-order valence-corrected chi connectivity index (χ3v) is 3.78. The summed E-state index contributed by atoms with van der Waals surface area (Å²) < 4.78 is 0. The maximum Gasteiger partial charge on any atom is 0.234 e. The Kier molecular flexibility index (Phi) is 3.26. The molecule has 2 rings (SSSR count). The van der Waals surface area contributed by atoms with E-state index in [1.165, 1.54) is 12.8 Å². The molecule has 0 aliphatic carbocycles. The van der Waals surface area contributed by atoms with Gasteiger partial charge in [-0.3, -0.25) is 9.69 Å². The molecule has 0 bridgehead atoms. The van der Waals surface area contributed by atoms with Crippen molar-refractivity contribution in [2.24, 2.45) is 5.73 Å². The molecule has 2 heterocycles. The van der Waals surface area contributed by atoms with Crippen molar-refractivity contribution in [1.82, 2.24) is 9.80 Å². The van der Waals surface area contributed by atoms with E-state index in [1.54, 1.807) is 0 Å². The predicted molar refractivity (Wildman–Crippen MR) is 59.4 cm³/mol. The van der Waals surface area contributed by atoms with Gasteiger partial charge >= 0.3 is 0 Å². The van der Waals surface area contributed by atoms with Crippen molar-refractivity contribution in [1.29, 1.82) is 0 Å². The number of primary amides is 1. The van der Waals surface area contributed by atoms with E-state index >= 15 is 0 Å². The monoisotopic (exact) mass is 211 g/mol. The van der Waals surface area contributed by atoms with Gasteiger partial charge in [0.15, 0.2) is 0 Å². The van der Waals surface area contributed by atoms with Crippen LogP contribution in [-0.2, 0) is 4.79 Å². The molecule has 1 atom stereocenters. The first-order chi connectivity index (χ1) is 7.18. The van der Waals surface area contributed by atoms with E-state index in [2.05, 4.69) is 16.8 Å². The number of piperidine rings is 1. The number of carbonyl (C=O) groups is 1. The minimum Gasteiger partial charge on any atom is -0.368 e. The quantitative estimate of drug-likeness (QED) is 0.701. The van der Waals surface area contributed by atoms with Crippen LogP contribution in [0.4, 0.5) is 0 Å². The van der Waals surface area contributed by atoms with E-state index in [-0.39, 0.29) is 11.9 Å². The summed E-state index contributed by atoms with van der Waals surface area (Å²) >= 11 is 0. The van der Waals surface area contributed by atoms with Gasteiger partial charge in [-0.05, 0) is 52.4 Å². The molecule has 0 unspecified atom stereocenters. The molecule has 0 radical (unpaired) electrons. The highest BCUT2D eigenvalue weighted by Crippen LogP contribution is 2.25. The number of carbonyl (C=O) groups excluding carboxylic acids is 1. The van der Waals surface area contributed by atoms with Crippen molar-refractivity contribution in [2.75, 3.05) is 26.7 Å². The van der Waals surface area contributed by atoms with Gasteiger partial charge in [-0.15, -0.1) is 0 Å². The van der Waals surface area contributed by atoms with E-state index < -0.39 is 0 Å². The predicted octanol–water partition coefficient (Wildman–Crippen LogP) is 0.0303. The highest BCUT2D eigenvalue weighted by molar-refractivity contribution is 5.80. The normalized spacial score (nSPS) is 30.9. The molecule has 0 aromatic heterocycles. The van der Waals surface area contributed by atoms with Gasteiger partial charge in [0, 0.05) is 6.04 Å². The van der Waals surface area contributed by atoms with Gasteiger partial charge in [0.2, 0.25) is 5.91 Å². The molecule has 2 aliphatic heterocycles. The summed E-state index contributed by atoms with van der Waals surface area (Å²) in [5.41, 5.74) is 5.43. The minimum atomic E-state index is -0.133. The lowest BCUT2D eigenvalue weighted by molar-refractivity contribution is -0.123. The van der Waals surface area contributed by atoms with E-state index in [1.807, 2.05) is 0 Å². The summed E-state index contributed by atoms with van der Waals surface area (Å²) in [5, 5.41) is 0. The second kappa shape index (κ2) is 4.49. The average Bonchev–Trinajstić information content (AvgIpc) is 2.67. The van der Waals surface area contributed by atoms with Crippen LogP contribution in [0.3, 0.4) is 0 Å². The Bertz CT molecular complexity index is 236. The van der Waals surface area contributed by atoms with Crippen LogP contribution in [0.15, 0.2) is 0 Å². The van der Waals surface area contributed by atoms with Crippen molar-refractivity contribution < 1.29 is 4.79 Å². The molecule has 1 amide bonds. The number of nitrogens with zero attached hydrogens (tertiary/aromatic N) is 2. The van der Waals surface area contributed by atoms with Crippen LogP contribution >= 0.6 is 0 Å². The smallest absolute Gasteiger partial charge is 0.234 e. The summed E-state index contributed by atoms with van der Waals surface area (Å²) in [5.74, 6) is -0.133. The molecule has 0 saturated carbocycles. The first-order valence-electron chi connectivity index (χ1n) is 5.92. The van der Waals surface area contributed by atoms with Crippen molar-refractivity contribution in [2.45, 2.75) is 37.8 Å². The number of amides is 1. The molecule has 0 spiro atoms. The Morgan fingerprint density at radius 1 is 1.20 bits per heavy atom. The van der Waals surface area contributed by atoms with Gasteiger partial charge in [-0.2, -0.15) is 0 Å². The Morgan fingerprint density at radius 2 is 1.87 bits per heavy atom. The lowest BCUT2D eigenvalue weighted by Crippen LogP contribution is -2.49. The molecule has 0 aromatic rings. The molecule has 0 aromatic carbocycles. The van der Waals surface area contributed by atoms with Crippen LogP contribution in [0, 0.1) is 0 Å². The van der Waals surface area contributed by atoms with Gasteiger partial charge in [0.1, 0.15) is 0 Å². The highest BCUT2D eigenvalue weighted by atomic mass is 16.1. The number of hydrogen-bond acceptors (Lipinski definition) is 3. The molecule has 2 saturated heterocycles. The molecule has 86 valence electrons. The Morgan fingerprint density at radius 3 is 2.47 bits per heavy atom. The average molecular weight is 211 g/mol. The zero-order valence-corrected chi connectivity index (χ0v) is 9.48. The molecule has 4 nitrogen and oxygen atoms in total. The standard InChI is InChI=1S/C11H21N3O/c1-13-7-4-9(5-8-13)14-6-2-3-10(14)11(12)15/h9-10H,2-8H2,1H3,(H2,12,15)/t10-/m0/s1. The number of hydrogen-bond donors (Lipinski definition) is 1. The van der Waals surface area contributed by atoms with Gasteiger partial charge in [0.25, 0.3) is 0 Å². The topological polar surface area (TPSA) is 49.6 Å². The van der Waals surface area contributed by atoms with Crippen LogP contribution in [0.2, 0.25) is 0 Å². The van der Waals surface area contributed by atoms with E-state index in [9.17, 15) is 4.79 Å². The number of rotatable bonds is 2. The first kappa shape index (κ1) is 10.9. The Labute approximate surface area is 91.4 Å². The second-order valence-electron chi connectivity index (χ2n) is 4.83. The molecule has 4 heteroatoms. The Balaban J connectivity index is 1.94. The van der Waals surface area contributed by atoms with Crippen LogP contribution in [0.5, 0.6) is 0 Å². The van der Waals surface area contributed by atoms with Gasteiger partial charge in [-0.25, -0.2) is 0 Å². The van der Waals surface area contributed by atoms with Crippen LogP contribution < -0.4 is 5.73 Å². The van der Waals surface area contributed by atoms with Crippen molar-refractivity contribution in [3.05, 3.63) is 0 Å². The molecular weight excluding hydrogens is 190 g/mol. The molecular formula is C11H21N3O. The van der Waals surface area contributed by atoms with Crippen LogP contribution in [-0.4, -0.2) is 54.5 Å². The third kappa shape index (κ3) is 2.32. The summed E-state index contributed by atoms with van der Waals surface area (Å²) in [6.07, 6.45) is 4.45. The van der Waals surface area contributed by atoms with E-state index in [0.29, 0.717) is 6.04 Å². The molecule has 2 N–H and O–H groups in total. The third-order valence-electron chi connectivity index (χ3n) is 3.78. The fraction of sp³-hybridized carbons (Fsp3) is 0.909. The second-order valence-corrected chi connectivity index (χ2v) is 4.83. The van der Waals surface area contributed by atoms with Crippen molar-refractivity contribution >= 4 is 5.91 Å². The van der Waals surface area contributed by atoms with Crippen molar-refractivity contribution in [3.8, 4) is 0 Å². The zero-order valence-electron chi connectivity index (χ0n) is 9.48. The SMILES string of the molecule is CN1CCC(N2CCC[C@H]2C(N)=O)CC1. The zero-order chi connectivity index (χ0) is 10.8. The minimum absolute atomic E-state index is 0.0124. The summed E-state index contributed by atoms with van der Waals surface area (Å²) in [6.45, 7) is 3.35. The number of nitrogens with two attached hydrogens (primary N) is 1. The summed E-state index contributed by atoms with van der Waals surface area (Å²) in [6, 6.07) is 0.597. The molecule has 2 fully saturated rings. The molecule has 15 heavy (non-hydrogen) atoms. The fourth-order valence-electron chi connectivity index (χ4n) is 2.86. The highest BCUT2D eigenvalue weighted by Gasteiger charge is 2.34. The van der Waals surface area contributed by atoms with Crippen LogP contribution in [0.25, 0.3) is 0 Å². The number of likely N-dealkylation sites (tertiary alicyclic amines) is 2. The maximum atomic E-state index is 11.3. The van der Waals surface area contributed by atoms with Crippen LogP contribution in [0.1, 0.15) is 25.7 Å². The van der Waals surface area contributed by atoms with E-state index in [4.69, 9.17) is 5.73 Å². The Hall–Kier alpha value is -0.610. The summed E-state index contributed by atoms with van der Waals surface area (Å²) in [4.78, 5) is 16.0. The fourth-order valence-corrected chi connectivity index (χ4v) is 2.86. The van der Waals surface area contributed by atoms with Crippen molar-refractivity contribution in [3.63, 3.8) is 0 Å². The van der Waals surface area contributed by atoms with Gasteiger partial charge < -0.3 is 10.6 Å². The molecule has 2 aliphatic rings. The first-order valence-corrected chi connectivity index (χ1v) is 5.92. The maximum absolute atomic E-state index is 11.3. The lowest BCUT2D eigenvalue weighted by atomic mass is 10.0.